The molecule has 0 radical (unpaired) electrons. The van der Waals surface area contributed by atoms with Crippen LogP contribution in [0.4, 0.5) is 24.5 Å². The van der Waals surface area contributed by atoms with Gasteiger partial charge in [-0.05, 0) is 49.4 Å². The summed E-state index contributed by atoms with van der Waals surface area (Å²) >= 11 is 1.32. The summed E-state index contributed by atoms with van der Waals surface area (Å²) in [6.07, 6.45) is -4.86. The van der Waals surface area contributed by atoms with Gasteiger partial charge in [0, 0.05) is 17.0 Å². The van der Waals surface area contributed by atoms with Crippen molar-refractivity contribution >= 4 is 44.8 Å². The average molecular weight is 458 g/mol. The quantitative estimate of drug-likeness (QED) is 0.708. The van der Waals surface area contributed by atoms with Crippen molar-refractivity contribution in [2.45, 2.75) is 34.6 Å². The highest BCUT2D eigenvalue weighted by atomic mass is 32.2. The highest BCUT2D eigenvalue weighted by Crippen LogP contribution is 2.37. The number of rotatable bonds is 5. The number of carbonyl (C=O) groups is 2. The molecule has 1 aliphatic heterocycles. The zero-order valence-electron chi connectivity index (χ0n) is 15.6. The van der Waals surface area contributed by atoms with Gasteiger partial charge in [0.1, 0.15) is 0 Å². The highest BCUT2D eigenvalue weighted by molar-refractivity contribution is 8.01. The van der Waals surface area contributed by atoms with Crippen LogP contribution < -0.4 is 10.6 Å². The van der Waals surface area contributed by atoms with E-state index in [1.54, 1.807) is 13.0 Å². The van der Waals surface area contributed by atoms with E-state index in [0.29, 0.717) is 5.69 Å². The van der Waals surface area contributed by atoms with E-state index in [9.17, 15) is 31.2 Å². The van der Waals surface area contributed by atoms with Gasteiger partial charge in [-0.25, -0.2) is 8.42 Å². The van der Waals surface area contributed by atoms with Crippen molar-refractivity contribution in [3.05, 3.63) is 48.0 Å². The lowest BCUT2D eigenvalue weighted by atomic mass is 10.2. The normalized spacial score (nSPS) is 16.5. The summed E-state index contributed by atoms with van der Waals surface area (Å²) in [5.41, 5.74) is -0.318. The lowest BCUT2D eigenvalue weighted by molar-refractivity contribution is -0.137. The molecule has 0 spiro atoms. The molecule has 3 rings (SSSR count). The SMILES string of the molecule is C[C@H]1Sc2ccc(S(=O)(=O)CCC(=O)Nc3ccc(C(F)(F)F)cc3)cc2NC1=O. The summed E-state index contributed by atoms with van der Waals surface area (Å²) in [7, 11) is -3.81. The van der Waals surface area contributed by atoms with Crippen molar-refractivity contribution < 1.29 is 31.2 Å². The van der Waals surface area contributed by atoms with Crippen molar-refractivity contribution in [1.82, 2.24) is 0 Å². The first-order valence-corrected chi connectivity index (χ1v) is 11.3. The molecule has 0 bridgehead atoms. The molecule has 160 valence electrons. The molecule has 1 aliphatic rings. The topological polar surface area (TPSA) is 92.3 Å². The van der Waals surface area contributed by atoms with Crippen LogP contribution in [-0.2, 0) is 25.6 Å². The van der Waals surface area contributed by atoms with E-state index in [0.717, 1.165) is 29.2 Å². The van der Waals surface area contributed by atoms with Crippen LogP contribution in [0.1, 0.15) is 18.9 Å². The van der Waals surface area contributed by atoms with E-state index in [1.807, 2.05) is 0 Å². The Morgan fingerprint density at radius 2 is 1.83 bits per heavy atom. The van der Waals surface area contributed by atoms with Crippen LogP contribution >= 0.6 is 11.8 Å². The fraction of sp³-hybridized carbons (Fsp3) is 0.263. The number of alkyl halides is 3. The van der Waals surface area contributed by atoms with Crippen molar-refractivity contribution in [1.29, 1.82) is 0 Å². The number of anilines is 2. The molecular formula is C19H17F3N2O4S2. The van der Waals surface area contributed by atoms with Gasteiger partial charge in [0.25, 0.3) is 0 Å². The molecule has 0 unspecified atom stereocenters. The first kappa shape index (κ1) is 22.2. The number of benzene rings is 2. The predicted octanol–water partition coefficient (Wildman–Crippen LogP) is 3.94. The molecule has 0 saturated heterocycles. The molecular weight excluding hydrogens is 441 g/mol. The molecule has 30 heavy (non-hydrogen) atoms. The van der Waals surface area contributed by atoms with E-state index in [2.05, 4.69) is 10.6 Å². The number of fused-ring (bicyclic) bond motifs is 1. The van der Waals surface area contributed by atoms with Crippen LogP contribution in [0.5, 0.6) is 0 Å². The van der Waals surface area contributed by atoms with E-state index in [4.69, 9.17) is 0 Å². The summed E-state index contributed by atoms with van der Waals surface area (Å²) < 4.78 is 62.8. The van der Waals surface area contributed by atoms with E-state index < -0.39 is 33.2 Å². The summed E-state index contributed by atoms with van der Waals surface area (Å²) in [6, 6.07) is 8.22. The van der Waals surface area contributed by atoms with Crippen LogP contribution in [0.15, 0.2) is 52.3 Å². The van der Waals surface area contributed by atoms with Crippen LogP contribution in [-0.4, -0.2) is 31.2 Å². The highest BCUT2D eigenvalue weighted by Gasteiger charge is 2.30. The molecule has 2 aromatic carbocycles. The number of halogens is 3. The molecule has 6 nitrogen and oxygen atoms in total. The van der Waals surface area contributed by atoms with E-state index >= 15 is 0 Å². The minimum atomic E-state index is -4.48. The minimum absolute atomic E-state index is 0.0287. The Hall–Kier alpha value is -2.53. The summed E-state index contributed by atoms with van der Waals surface area (Å²) in [4.78, 5) is 24.5. The van der Waals surface area contributed by atoms with Gasteiger partial charge in [0.15, 0.2) is 9.84 Å². The third kappa shape index (κ3) is 5.14. The third-order valence-electron chi connectivity index (χ3n) is 4.33. The molecule has 1 heterocycles. The van der Waals surface area contributed by atoms with Gasteiger partial charge in [-0.2, -0.15) is 13.2 Å². The lowest BCUT2D eigenvalue weighted by Crippen LogP contribution is -2.26. The Labute approximate surface area is 175 Å². The standard InChI is InChI=1S/C19H17F3N2O4S2/c1-11-18(26)24-15-10-14(6-7-16(15)29-11)30(27,28)9-8-17(25)23-13-4-2-12(3-5-13)19(20,21)22/h2-7,10-11H,8-9H2,1H3,(H,23,25)(H,24,26)/t11-/m1/s1. The van der Waals surface area contributed by atoms with Crippen LogP contribution in [0.25, 0.3) is 0 Å². The Morgan fingerprint density at radius 1 is 1.17 bits per heavy atom. The summed E-state index contributed by atoms with van der Waals surface area (Å²) in [5, 5.41) is 4.74. The van der Waals surface area contributed by atoms with Gasteiger partial charge in [0.05, 0.1) is 27.1 Å². The molecule has 1 atom stereocenters. The Morgan fingerprint density at radius 3 is 2.47 bits per heavy atom. The maximum atomic E-state index is 12.6. The molecule has 0 aliphatic carbocycles. The van der Waals surface area contributed by atoms with Crippen LogP contribution in [0.2, 0.25) is 0 Å². The van der Waals surface area contributed by atoms with Crippen molar-refractivity contribution in [2.75, 3.05) is 16.4 Å². The Kier molecular flexibility index (Phi) is 6.14. The second-order valence-corrected chi connectivity index (χ2v) is 10.1. The first-order chi connectivity index (χ1) is 14.0. The molecule has 2 N–H and O–H groups in total. The van der Waals surface area contributed by atoms with Crippen LogP contribution in [0, 0.1) is 0 Å². The number of nitrogens with one attached hydrogen (secondary N) is 2. The summed E-state index contributed by atoms with van der Waals surface area (Å²) in [6.45, 7) is 1.74. The number of amides is 2. The van der Waals surface area contributed by atoms with E-state index in [-0.39, 0.29) is 28.2 Å². The second kappa shape index (κ2) is 8.31. The van der Waals surface area contributed by atoms with Gasteiger partial charge in [-0.3, -0.25) is 9.59 Å². The minimum Gasteiger partial charge on any atom is -0.326 e. The molecule has 2 amide bonds. The van der Waals surface area contributed by atoms with Crippen LogP contribution in [0.3, 0.4) is 0 Å². The van der Waals surface area contributed by atoms with Crippen molar-refractivity contribution in [2.24, 2.45) is 0 Å². The maximum Gasteiger partial charge on any atom is 0.416 e. The zero-order chi connectivity index (χ0) is 22.1. The summed E-state index contributed by atoms with van der Waals surface area (Å²) in [5.74, 6) is -1.36. The van der Waals surface area contributed by atoms with Gasteiger partial charge < -0.3 is 10.6 Å². The Bertz CT molecular complexity index is 1080. The van der Waals surface area contributed by atoms with Gasteiger partial charge >= 0.3 is 6.18 Å². The number of hydrogen-bond donors (Lipinski definition) is 2. The van der Waals surface area contributed by atoms with Gasteiger partial charge in [-0.1, -0.05) is 0 Å². The molecule has 0 aromatic heterocycles. The van der Waals surface area contributed by atoms with Crippen molar-refractivity contribution in [3.8, 4) is 0 Å². The second-order valence-electron chi connectivity index (χ2n) is 6.60. The lowest BCUT2D eigenvalue weighted by Gasteiger charge is -2.21. The molecule has 0 fully saturated rings. The van der Waals surface area contributed by atoms with Crippen molar-refractivity contribution in [3.63, 3.8) is 0 Å². The Balaban J connectivity index is 1.63. The molecule has 2 aromatic rings. The number of sulfone groups is 1. The first-order valence-electron chi connectivity index (χ1n) is 8.77. The maximum absolute atomic E-state index is 12.6. The fourth-order valence-corrected chi connectivity index (χ4v) is 4.89. The fourth-order valence-electron chi connectivity index (χ4n) is 2.69. The number of hydrogen-bond acceptors (Lipinski definition) is 5. The average Bonchev–Trinajstić information content (AvgIpc) is 2.67. The predicted molar refractivity (Wildman–Crippen MR) is 107 cm³/mol. The molecule has 11 heteroatoms. The van der Waals surface area contributed by atoms with Gasteiger partial charge in [-0.15, -0.1) is 11.8 Å². The number of carbonyl (C=O) groups excluding carboxylic acids is 2. The van der Waals surface area contributed by atoms with E-state index in [1.165, 1.54) is 23.9 Å². The van der Waals surface area contributed by atoms with Gasteiger partial charge in [0.2, 0.25) is 11.8 Å². The number of thioether (sulfide) groups is 1. The zero-order valence-corrected chi connectivity index (χ0v) is 17.2. The monoisotopic (exact) mass is 458 g/mol. The largest absolute Gasteiger partial charge is 0.416 e. The molecule has 0 saturated carbocycles. The third-order valence-corrected chi connectivity index (χ3v) is 7.23. The smallest absolute Gasteiger partial charge is 0.326 e.